The third-order valence-electron chi connectivity index (χ3n) is 3.17. The molecule has 1 heterocycles. The van der Waals surface area contributed by atoms with Crippen LogP contribution in [-0.4, -0.2) is 5.91 Å². The van der Waals surface area contributed by atoms with Gasteiger partial charge in [0, 0.05) is 4.47 Å². The second-order valence-electron chi connectivity index (χ2n) is 4.21. The van der Waals surface area contributed by atoms with Gasteiger partial charge in [-0.15, -0.1) is 0 Å². The summed E-state index contributed by atoms with van der Waals surface area (Å²) in [6, 6.07) is 4.17. The summed E-state index contributed by atoms with van der Waals surface area (Å²) in [5.74, 6) is 0.179. The first kappa shape index (κ1) is 8.48. The number of carbonyl (C=O) groups is 1. The maximum Gasteiger partial charge on any atom is 0.235 e. The zero-order valence-corrected chi connectivity index (χ0v) is 9.44. The Morgan fingerprint density at radius 1 is 1.43 bits per heavy atom. The van der Waals surface area contributed by atoms with Crippen molar-refractivity contribution in [1.29, 1.82) is 0 Å². The molecule has 14 heavy (non-hydrogen) atoms. The van der Waals surface area contributed by atoms with E-state index >= 15 is 0 Å². The van der Waals surface area contributed by atoms with Crippen LogP contribution in [0.2, 0.25) is 0 Å². The van der Waals surface area contributed by atoms with E-state index in [1.165, 1.54) is 11.1 Å². The number of aryl methyl sites for hydroxylation is 1. The molecule has 1 aromatic rings. The van der Waals surface area contributed by atoms with Gasteiger partial charge in [-0.25, -0.2) is 0 Å². The van der Waals surface area contributed by atoms with E-state index in [9.17, 15) is 4.79 Å². The van der Waals surface area contributed by atoms with E-state index in [0.29, 0.717) is 0 Å². The normalized spacial score (nSPS) is 20.9. The number of benzene rings is 1. The Labute approximate surface area is 90.8 Å². The summed E-state index contributed by atoms with van der Waals surface area (Å²) in [5.41, 5.74) is 3.22. The highest BCUT2D eigenvalue weighted by Crippen LogP contribution is 2.56. The maximum absolute atomic E-state index is 11.7. The second-order valence-corrected chi connectivity index (χ2v) is 5.06. The molecule has 2 aliphatic rings. The third-order valence-corrected chi connectivity index (χ3v) is 3.80. The first-order valence-corrected chi connectivity index (χ1v) is 5.55. The zero-order chi connectivity index (χ0) is 9.92. The number of anilines is 1. The summed E-state index contributed by atoms with van der Waals surface area (Å²) in [4.78, 5) is 11.7. The molecule has 0 radical (unpaired) electrons. The average molecular weight is 252 g/mol. The minimum atomic E-state index is -0.163. The number of hydrogen-bond donors (Lipinski definition) is 1. The van der Waals surface area contributed by atoms with Crippen molar-refractivity contribution >= 4 is 27.5 Å². The van der Waals surface area contributed by atoms with Gasteiger partial charge in [-0.2, -0.15) is 0 Å². The van der Waals surface area contributed by atoms with Crippen LogP contribution in [0.1, 0.15) is 24.0 Å². The predicted octanol–water partition coefficient (Wildman–Crippen LogP) is 2.74. The second kappa shape index (κ2) is 2.40. The molecular formula is C11H10BrNO. The lowest BCUT2D eigenvalue weighted by Gasteiger charge is -2.06. The monoisotopic (exact) mass is 251 g/mol. The largest absolute Gasteiger partial charge is 0.324 e. The first-order chi connectivity index (χ1) is 6.63. The van der Waals surface area contributed by atoms with Gasteiger partial charge in [-0.1, -0.05) is 6.07 Å². The van der Waals surface area contributed by atoms with Gasteiger partial charge in [0.05, 0.1) is 11.1 Å². The van der Waals surface area contributed by atoms with Crippen LogP contribution in [0.25, 0.3) is 0 Å². The van der Waals surface area contributed by atoms with Gasteiger partial charge in [0.2, 0.25) is 5.91 Å². The van der Waals surface area contributed by atoms with Gasteiger partial charge in [0.1, 0.15) is 0 Å². The zero-order valence-electron chi connectivity index (χ0n) is 7.86. The fourth-order valence-corrected chi connectivity index (χ4v) is 2.90. The van der Waals surface area contributed by atoms with Gasteiger partial charge in [-0.3, -0.25) is 4.79 Å². The maximum atomic E-state index is 11.7. The van der Waals surface area contributed by atoms with E-state index in [1.807, 2.05) is 6.07 Å². The van der Waals surface area contributed by atoms with E-state index in [1.54, 1.807) is 0 Å². The number of carbonyl (C=O) groups excluding carboxylic acids is 1. The summed E-state index contributed by atoms with van der Waals surface area (Å²) >= 11 is 3.49. The topological polar surface area (TPSA) is 29.1 Å². The van der Waals surface area contributed by atoms with Crippen molar-refractivity contribution in [3.05, 3.63) is 27.7 Å². The van der Waals surface area contributed by atoms with Crippen molar-refractivity contribution in [3.63, 3.8) is 0 Å². The number of hydrogen-bond acceptors (Lipinski definition) is 1. The van der Waals surface area contributed by atoms with Crippen molar-refractivity contribution in [1.82, 2.24) is 0 Å². The van der Waals surface area contributed by atoms with Crippen LogP contribution in [0.15, 0.2) is 16.6 Å². The molecule has 3 heteroatoms. The molecule has 0 aromatic heterocycles. The molecule has 72 valence electrons. The predicted molar refractivity (Wildman–Crippen MR) is 58.4 cm³/mol. The number of rotatable bonds is 0. The highest BCUT2D eigenvalue weighted by Gasteiger charge is 2.56. The van der Waals surface area contributed by atoms with Crippen LogP contribution in [0, 0.1) is 6.92 Å². The summed E-state index contributed by atoms with van der Waals surface area (Å²) in [7, 11) is 0. The molecule has 0 unspecified atom stereocenters. The van der Waals surface area contributed by atoms with Crippen LogP contribution in [0.4, 0.5) is 5.69 Å². The fraction of sp³-hybridized carbons (Fsp3) is 0.364. The minimum absolute atomic E-state index is 0.163. The molecule has 1 aliphatic heterocycles. The van der Waals surface area contributed by atoms with Crippen LogP contribution < -0.4 is 5.32 Å². The van der Waals surface area contributed by atoms with Crippen molar-refractivity contribution in [2.75, 3.05) is 5.32 Å². The van der Waals surface area contributed by atoms with E-state index in [4.69, 9.17) is 0 Å². The van der Waals surface area contributed by atoms with Crippen molar-refractivity contribution in [2.45, 2.75) is 25.2 Å². The summed E-state index contributed by atoms with van der Waals surface area (Å²) in [6.07, 6.45) is 2.00. The van der Waals surface area contributed by atoms with Crippen LogP contribution in [0.3, 0.4) is 0 Å². The van der Waals surface area contributed by atoms with E-state index in [0.717, 1.165) is 23.0 Å². The molecule has 1 saturated carbocycles. The lowest BCUT2D eigenvalue weighted by Crippen LogP contribution is -2.18. The van der Waals surface area contributed by atoms with Crippen LogP contribution in [0.5, 0.6) is 0 Å². The quantitative estimate of drug-likeness (QED) is 0.755. The molecule has 1 fully saturated rings. The summed E-state index contributed by atoms with van der Waals surface area (Å²) in [5, 5.41) is 2.96. The molecule has 0 bridgehead atoms. The lowest BCUT2D eigenvalue weighted by molar-refractivity contribution is -0.117. The summed E-state index contributed by atoms with van der Waals surface area (Å²) < 4.78 is 1.00. The van der Waals surface area contributed by atoms with E-state index in [-0.39, 0.29) is 11.3 Å². The van der Waals surface area contributed by atoms with E-state index in [2.05, 4.69) is 34.2 Å². The van der Waals surface area contributed by atoms with Gasteiger partial charge in [-0.05, 0) is 52.9 Å². The molecule has 3 rings (SSSR count). The Hall–Kier alpha value is -0.830. The number of nitrogens with one attached hydrogen (secondary N) is 1. The Morgan fingerprint density at radius 3 is 2.79 bits per heavy atom. The molecule has 0 atom stereocenters. The van der Waals surface area contributed by atoms with Gasteiger partial charge < -0.3 is 5.32 Å². The Kier molecular flexibility index (Phi) is 1.45. The highest BCUT2D eigenvalue weighted by molar-refractivity contribution is 9.10. The number of amides is 1. The average Bonchev–Trinajstić information content (AvgIpc) is 2.84. The third kappa shape index (κ3) is 0.883. The van der Waals surface area contributed by atoms with Crippen LogP contribution in [-0.2, 0) is 10.2 Å². The van der Waals surface area contributed by atoms with Crippen LogP contribution >= 0.6 is 15.9 Å². The molecule has 1 aromatic carbocycles. The van der Waals surface area contributed by atoms with Crippen molar-refractivity contribution in [2.24, 2.45) is 0 Å². The molecule has 1 spiro atoms. The smallest absolute Gasteiger partial charge is 0.235 e. The summed E-state index contributed by atoms with van der Waals surface area (Å²) in [6.45, 7) is 2.06. The standard InChI is InChI=1S/C11H10BrNO/c1-6-4-7-9(8(12)5-6)13-10(14)11(7)2-3-11/h4-5H,2-3H2,1H3,(H,13,14). The molecule has 1 amide bonds. The van der Waals surface area contributed by atoms with Crippen molar-refractivity contribution < 1.29 is 4.79 Å². The number of halogens is 1. The Bertz CT molecular complexity index is 449. The molecule has 1 N–H and O–H groups in total. The van der Waals surface area contributed by atoms with Gasteiger partial charge in [0.15, 0.2) is 0 Å². The van der Waals surface area contributed by atoms with Gasteiger partial charge in [0.25, 0.3) is 0 Å². The molecule has 0 saturated heterocycles. The minimum Gasteiger partial charge on any atom is -0.324 e. The number of fused-ring (bicyclic) bond motifs is 2. The SMILES string of the molecule is Cc1cc(Br)c2c(c1)C1(CC1)C(=O)N2. The first-order valence-electron chi connectivity index (χ1n) is 4.75. The Morgan fingerprint density at radius 2 is 2.14 bits per heavy atom. The van der Waals surface area contributed by atoms with Crippen molar-refractivity contribution in [3.8, 4) is 0 Å². The molecule has 1 aliphatic carbocycles. The van der Waals surface area contributed by atoms with E-state index < -0.39 is 0 Å². The molecular weight excluding hydrogens is 242 g/mol. The van der Waals surface area contributed by atoms with Gasteiger partial charge >= 0.3 is 0 Å². The lowest BCUT2D eigenvalue weighted by atomic mass is 9.96. The Balaban J connectivity index is 2.28. The highest BCUT2D eigenvalue weighted by atomic mass is 79.9. The fourth-order valence-electron chi connectivity index (χ4n) is 2.22. The molecule has 2 nitrogen and oxygen atoms in total.